The summed E-state index contributed by atoms with van der Waals surface area (Å²) in [5.74, 6) is 1.07. The highest BCUT2D eigenvalue weighted by Crippen LogP contribution is 2.31. The molecule has 1 aliphatic heterocycles. The van der Waals surface area contributed by atoms with Gasteiger partial charge in [0.15, 0.2) is 0 Å². The number of rotatable bonds is 7. The van der Waals surface area contributed by atoms with Gasteiger partial charge in [0.05, 0.1) is 11.6 Å². The van der Waals surface area contributed by atoms with E-state index in [1.165, 1.54) is 29.3 Å². The number of carbonyl (C=O) groups excluding carboxylic acids is 1. The maximum Gasteiger partial charge on any atom is 0.255 e. The first-order chi connectivity index (χ1) is 13.9. The minimum absolute atomic E-state index is 0.0164. The zero-order valence-corrected chi connectivity index (χ0v) is 17.5. The van der Waals surface area contributed by atoms with Gasteiger partial charge in [-0.3, -0.25) is 4.79 Å². The number of amides is 1. The molecule has 0 spiro atoms. The summed E-state index contributed by atoms with van der Waals surface area (Å²) in [6, 6.07) is 11.4. The number of ether oxygens (including phenoxy) is 1. The van der Waals surface area contributed by atoms with E-state index in [1.807, 2.05) is 0 Å². The van der Waals surface area contributed by atoms with Gasteiger partial charge in [-0.15, -0.1) is 0 Å². The molecule has 6 nitrogen and oxygen atoms in total. The molecule has 4 rings (SSSR count). The second-order valence-corrected chi connectivity index (χ2v) is 9.80. The quantitative estimate of drug-likeness (QED) is 0.709. The Bertz CT molecular complexity index is 998. The third kappa shape index (κ3) is 4.74. The molecule has 1 N–H and O–H groups in total. The summed E-state index contributed by atoms with van der Waals surface area (Å²) in [6.45, 7) is 1.69. The van der Waals surface area contributed by atoms with E-state index in [1.54, 1.807) is 30.3 Å². The average Bonchev–Trinajstić information content (AvgIpc) is 3.37. The van der Waals surface area contributed by atoms with Gasteiger partial charge < -0.3 is 10.1 Å². The van der Waals surface area contributed by atoms with E-state index in [0.29, 0.717) is 36.9 Å². The predicted octanol–water partition coefficient (Wildman–Crippen LogP) is 4.17. The third-order valence-electron chi connectivity index (χ3n) is 5.17. The molecule has 0 bridgehead atoms. The van der Waals surface area contributed by atoms with E-state index in [2.05, 4.69) is 5.32 Å². The third-order valence-corrected chi connectivity index (χ3v) is 7.55. The van der Waals surface area contributed by atoms with Crippen molar-refractivity contribution in [1.82, 2.24) is 4.31 Å². The standard InChI is InChI=1S/C21H23ClN2O4S/c22-19-10-7-17(13-20(19)29(26,27)24-11-1-2-12-24)23-21(25)16-5-8-18(9-6-16)28-14-15-3-4-15/h5-10,13,15H,1-4,11-12,14H2,(H,23,25). The number of benzene rings is 2. The Hall–Kier alpha value is -2.09. The van der Waals surface area contributed by atoms with Crippen LogP contribution in [0.1, 0.15) is 36.0 Å². The van der Waals surface area contributed by atoms with E-state index in [-0.39, 0.29) is 15.8 Å². The molecule has 0 atom stereocenters. The van der Waals surface area contributed by atoms with Crippen LogP contribution in [0, 0.1) is 5.92 Å². The lowest BCUT2D eigenvalue weighted by molar-refractivity contribution is 0.102. The summed E-state index contributed by atoms with van der Waals surface area (Å²) in [4.78, 5) is 12.6. The molecule has 1 amide bonds. The van der Waals surface area contributed by atoms with Crippen LogP contribution < -0.4 is 10.1 Å². The zero-order chi connectivity index (χ0) is 20.4. The van der Waals surface area contributed by atoms with Gasteiger partial charge in [0, 0.05) is 24.3 Å². The van der Waals surface area contributed by atoms with Crippen molar-refractivity contribution in [3.8, 4) is 5.75 Å². The number of sulfonamides is 1. The summed E-state index contributed by atoms with van der Waals surface area (Å²) >= 11 is 6.15. The van der Waals surface area contributed by atoms with Crippen molar-refractivity contribution >= 4 is 33.2 Å². The molecule has 1 aliphatic carbocycles. The zero-order valence-electron chi connectivity index (χ0n) is 15.9. The van der Waals surface area contributed by atoms with Crippen LogP contribution in [0.2, 0.25) is 5.02 Å². The molecule has 0 unspecified atom stereocenters. The number of hydrogen-bond acceptors (Lipinski definition) is 4. The van der Waals surface area contributed by atoms with Gasteiger partial charge in [-0.05, 0) is 74.1 Å². The average molecular weight is 435 g/mol. The summed E-state index contributed by atoms with van der Waals surface area (Å²) in [5.41, 5.74) is 0.842. The summed E-state index contributed by atoms with van der Waals surface area (Å²) in [6.07, 6.45) is 4.12. The first-order valence-corrected chi connectivity index (χ1v) is 11.6. The summed E-state index contributed by atoms with van der Waals surface area (Å²) < 4.78 is 32.8. The molecule has 1 saturated carbocycles. The van der Waals surface area contributed by atoms with Gasteiger partial charge in [-0.25, -0.2) is 8.42 Å². The Morgan fingerprint density at radius 3 is 2.45 bits per heavy atom. The highest BCUT2D eigenvalue weighted by atomic mass is 35.5. The normalized spacial score (nSPS) is 17.3. The Balaban J connectivity index is 1.46. The second-order valence-electron chi connectivity index (χ2n) is 7.49. The topological polar surface area (TPSA) is 75.7 Å². The molecule has 1 saturated heterocycles. The molecule has 0 radical (unpaired) electrons. The number of nitrogens with zero attached hydrogens (tertiary/aromatic N) is 1. The van der Waals surface area contributed by atoms with Crippen molar-refractivity contribution in [2.24, 2.45) is 5.92 Å². The van der Waals surface area contributed by atoms with Crippen LogP contribution in [0.25, 0.3) is 0 Å². The van der Waals surface area contributed by atoms with Crippen molar-refractivity contribution in [3.63, 3.8) is 0 Å². The van der Waals surface area contributed by atoms with Crippen LogP contribution in [-0.2, 0) is 10.0 Å². The van der Waals surface area contributed by atoms with Gasteiger partial charge in [0.25, 0.3) is 5.91 Å². The molecule has 0 aromatic heterocycles. The predicted molar refractivity (Wildman–Crippen MR) is 112 cm³/mol. The van der Waals surface area contributed by atoms with E-state index < -0.39 is 10.0 Å². The highest BCUT2D eigenvalue weighted by Gasteiger charge is 2.29. The van der Waals surface area contributed by atoms with Gasteiger partial charge in [0.1, 0.15) is 10.6 Å². The molecule has 2 aliphatic rings. The van der Waals surface area contributed by atoms with Crippen LogP contribution >= 0.6 is 11.6 Å². The largest absolute Gasteiger partial charge is 0.493 e. The maximum atomic E-state index is 12.8. The van der Waals surface area contributed by atoms with Crippen LogP contribution in [0.15, 0.2) is 47.4 Å². The SMILES string of the molecule is O=C(Nc1ccc(Cl)c(S(=O)(=O)N2CCCC2)c1)c1ccc(OCC2CC2)cc1. The van der Waals surface area contributed by atoms with Crippen molar-refractivity contribution in [1.29, 1.82) is 0 Å². The van der Waals surface area contributed by atoms with E-state index in [0.717, 1.165) is 18.6 Å². The fourth-order valence-electron chi connectivity index (χ4n) is 3.25. The van der Waals surface area contributed by atoms with Crippen LogP contribution in [0.4, 0.5) is 5.69 Å². The molecule has 154 valence electrons. The van der Waals surface area contributed by atoms with Crippen LogP contribution in [-0.4, -0.2) is 38.3 Å². The van der Waals surface area contributed by atoms with E-state index >= 15 is 0 Å². The number of halogens is 1. The number of carbonyl (C=O) groups is 1. The molecule has 1 heterocycles. The van der Waals surface area contributed by atoms with Gasteiger partial charge in [0.2, 0.25) is 10.0 Å². The molecule has 8 heteroatoms. The molecule has 29 heavy (non-hydrogen) atoms. The van der Waals surface area contributed by atoms with Crippen LogP contribution in [0.3, 0.4) is 0 Å². The molecular formula is C21H23ClN2O4S. The number of nitrogens with one attached hydrogen (secondary N) is 1. The monoisotopic (exact) mass is 434 g/mol. The number of anilines is 1. The first-order valence-electron chi connectivity index (χ1n) is 9.77. The lowest BCUT2D eigenvalue weighted by Gasteiger charge is -2.17. The number of hydrogen-bond donors (Lipinski definition) is 1. The molecular weight excluding hydrogens is 412 g/mol. The Labute approximate surface area is 175 Å². The van der Waals surface area contributed by atoms with E-state index in [4.69, 9.17) is 16.3 Å². The molecule has 2 aromatic rings. The van der Waals surface area contributed by atoms with Crippen molar-refractivity contribution in [3.05, 3.63) is 53.1 Å². The van der Waals surface area contributed by atoms with Gasteiger partial charge in [-0.1, -0.05) is 11.6 Å². The Morgan fingerprint density at radius 1 is 1.10 bits per heavy atom. The molecule has 2 fully saturated rings. The van der Waals surface area contributed by atoms with E-state index in [9.17, 15) is 13.2 Å². The lowest BCUT2D eigenvalue weighted by Crippen LogP contribution is -2.28. The van der Waals surface area contributed by atoms with Crippen molar-refractivity contribution < 1.29 is 17.9 Å². The van der Waals surface area contributed by atoms with Crippen molar-refractivity contribution in [2.45, 2.75) is 30.6 Å². The smallest absolute Gasteiger partial charge is 0.255 e. The lowest BCUT2D eigenvalue weighted by atomic mass is 10.2. The summed E-state index contributed by atoms with van der Waals surface area (Å²) in [5, 5.41) is 2.89. The Kier molecular flexibility index (Phi) is 5.81. The maximum absolute atomic E-state index is 12.8. The second kappa shape index (κ2) is 8.34. The minimum Gasteiger partial charge on any atom is -0.493 e. The van der Waals surface area contributed by atoms with Gasteiger partial charge >= 0.3 is 0 Å². The highest BCUT2D eigenvalue weighted by molar-refractivity contribution is 7.89. The first kappa shape index (κ1) is 20.2. The minimum atomic E-state index is -3.67. The summed E-state index contributed by atoms with van der Waals surface area (Å²) in [7, 11) is -3.67. The fourth-order valence-corrected chi connectivity index (χ4v) is 5.27. The van der Waals surface area contributed by atoms with Crippen molar-refractivity contribution in [2.75, 3.05) is 25.0 Å². The molecule has 2 aromatic carbocycles. The van der Waals surface area contributed by atoms with Crippen LogP contribution in [0.5, 0.6) is 5.75 Å². The Morgan fingerprint density at radius 2 is 1.79 bits per heavy atom. The van der Waals surface area contributed by atoms with Gasteiger partial charge in [-0.2, -0.15) is 4.31 Å². The fraction of sp³-hybridized carbons (Fsp3) is 0.381.